The van der Waals surface area contributed by atoms with Gasteiger partial charge in [-0.05, 0) is 55.9 Å². The topological polar surface area (TPSA) is 127 Å². The Kier molecular flexibility index (Phi) is 8.58. The Bertz CT molecular complexity index is 1720. The number of hydrogen-bond acceptors (Lipinski definition) is 11. The van der Waals surface area contributed by atoms with Gasteiger partial charge in [-0.15, -0.1) is 5.10 Å². The normalized spacial score (nSPS) is 15.2. The lowest BCUT2D eigenvalue weighted by Gasteiger charge is -2.38. The summed E-state index contributed by atoms with van der Waals surface area (Å²) >= 11 is 0. The number of aryl methyl sites for hydroxylation is 2. The molecule has 1 saturated heterocycles. The van der Waals surface area contributed by atoms with Crippen molar-refractivity contribution in [1.82, 2.24) is 39.8 Å². The van der Waals surface area contributed by atoms with E-state index in [0.29, 0.717) is 41.4 Å². The van der Waals surface area contributed by atoms with Gasteiger partial charge in [-0.1, -0.05) is 11.8 Å². The molecule has 12 nitrogen and oxygen atoms in total. The van der Waals surface area contributed by atoms with Crippen LogP contribution in [0.3, 0.4) is 0 Å². The number of aldehydes is 1. The quantitative estimate of drug-likeness (QED) is 0.225. The van der Waals surface area contributed by atoms with E-state index < -0.39 is 6.67 Å². The van der Waals surface area contributed by atoms with Crippen LogP contribution >= 0.6 is 0 Å². The third-order valence-electron chi connectivity index (χ3n) is 6.95. The number of carbonyl (C=O) groups is 1. The van der Waals surface area contributed by atoms with E-state index in [2.05, 4.69) is 37.2 Å². The number of allylic oxidation sites excluding steroid dienone is 1. The molecule has 1 aliphatic heterocycles. The van der Waals surface area contributed by atoms with Gasteiger partial charge in [0.1, 0.15) is 47.3 Å². The average Bonchev–Trinajstić information content (AvgIpc) is 3.38. The molecule has 2 aromatic carbocycles. The molecule has 1 N–H and O–H groups in total. The first-order valence-corrected chi connectivity index (χ1v) is 13.3. The number of hydrogen-bond donors (Lipinski definition) is 1. The Balaban J connectivity index is 0.000000830. The summed E-state index contributed by atoms with van der Waals surface area (Å²) in [4.78, 5) is 31.1. The zero-order valence-electron chi connectivity index (χ0n) is 23.6. The van der Waals surface area contributed by atoms with E-state index in [-0.39, 0.29) is 6.04 Å². The summed E-state index contributed by atoms with van der Waals surface area (Å²) in [6, 6.07) is 11.3. The van der Waals surface area contributed by atoms with Crippen molar-refractivity contribution in [2.45, 2.75) is 13.0 Å². The molecule has 3 aromatic heterocycles. The third kappa shape index (κ3) is 6.15. The molecule has 0 amide bonds. The highest BCUT2D eigenvalue weighted by atomic mass is 19.1. The molecule has 6 rings (SSSR count). The Hall–Kier alpha value is -5.04. The van der Waals surface area contributed by atoms with Crippen LogP contribution in [0.5, 0.6) is 11.5 Å². The summed E-state index contributed by atoms with van der Waals surface area (Å²) in [7, 11) is 3.79. The number of ether oxygens (including phenoxy) is 1. The van der Waals surface area contributed by atoms with Crippen LogP contribution in [0.25, 0.3) is 22.1 Å². The fourth-order valence-electron chi connectivity index (χ4n) is 4.57. The second-order valence-corrected chi connectivity index (χ2v) is 9.80. The van der Waals surface area contributed by atoms with Gasteiger partial charge in [-0.25, -0.2) is 29.0 Å². The van der Waals surface area contributed by atoms with Gasteiger partial charge < -0.3 is 15.0 Å². The predicted molar refractivity (Wildman–Crippen MR) is 159 cm³/mol. The van der Waals surface area contributed by atoms with Gasteiger partial charge in [0.2, 0.25) is 5.95 Å². The molecule has 0 saturated carbocycles. The van der Waals surface area contributed by atoms with E-state index >= 15 is 0 Å². The van der Waals surface area contributed by atoms with Crippen LogP contribution in [0.2, 0.25) is 0 Å². The summed E-state index contributed by atoms with van der Waals surface area (Å²) < 4.78 is 21.3. The molecule has 216 valence electrons. The number of likely N-dealkylation sites (N-methyl/N-ethyl adjacent to an activating group) is 1. The molecule has 0 radical (unpaired) electrons. The summed E-state index contributed by atoms with van der Waals surface area (Å²) in [5, 5.41) is 11.6. The number of aromatic nitrogens is 7. The molecule has 5 aromatic rings. The van der Waals surface area contributed by atoms with Crippen molar-refractivity contribution in [2.75, 3.05) is 43.6 Å². The Morgan fingerprint density at radius 1 is 1.12 bits per heavy atom. The third-order valence-corrected chi connectivity index (χ3v) is 6.95. The largest absolute Gasteiger partial charge is 0.457 e. The molecule has 1 unspecified atom stereocenters. The first-order chi connectivity index (χ1) is 20.4. The summed E-state index contributed by atoms with van der Waals surface area (Å²) in [5.41, 5.74) is 4.71. The molecule has 0 aliphatic carbocycles. The molecular formula is C29H31FN10O2. The first-order valence-electron chi connectivity index (χ1n) is 13.3. The minimum absolute atomic E-state index is 0.182. The minimum atomic E-state index is -0.412. The summed E-state index contributed by atoms with van der Waals surface area (Å²) in [6.45, 7) is 6.67. The second-order valence-electron chi connectivity index (χ2n) is 9.80. The van der Waals surface area contributed by atoms with E-state index in [1.54, 1.807) is 10.9 Å². The lowest BCUT2D eigenvalue weighted by Crippen LogP contribution is -2.53. The number of rotatable bonds is 7. The summed E-state index contributed by atoms with van der Waals surface area (Å²) in [6.07, 6.45) is 5.00. The maximum absolute atomic E-state index is 13.5. The number of piperazine rings is 1. The molecule has 1 fully saturated rings. The average molecular weight is 571 g/mol. The Morgan fingerprint density at radius 2 is 1.95 bits per heavy atom. The fraction of sp³-hybridized carbons (Fsp3) is 0.276. The first kappa shape index (κ1) is 28.5. The van der Waals surface area contributed by atoms with Crippen molar-refractivity contribution >= 4 is 45.8 Å². The van der Waals surface area contributed by atoms with Crippen molar-refractivity contribution in [1.29, 1.82) is 0 Å². The molecule has 42 heavy (non-hydrogen) atoms. The molecule has 1 aliphatic rings. The number of carbonyl (C=O) groups excluding carboxylic acids is 1. The standard InChI is InChI=1S/C26H27FN10O.C3H4O/c1-16-10-17(4-7-23(16)38-19-5-6-22-20(11-19)33-34-36(22)3)31-25-24-21(29-15-30-25)13-28-26(32-24)37-9-8-35(2)18(12-27)14-37;1-2-3-4/h4-7,10-11,13,15,18H,8-9,12,14H2,1-3H3,(H,29,30,31);2-3H,1H2. The van der Waals surface area contributed by atoms with Crippen LogP contribution < -0.4 is 15.0 Å². The highest BCUT2D eigenvalue weighted by Gasteiger charge is 2.26. The van der Waals surface area contributed by atoms with Gasteiger partial charge >= 0.3 is 0 Å². The number of nitrogens with zero attached hydrogens (tertiary/aromatic N) is 9. The lowest BCUT2D eigenvalue weighted by atomic mass is 10.2. The fourth-order valence-corrected chi connectivity index (χ4v) is 4.57. The highest BCUT2D eigenvalue weighted by molar-refractivity contribution is 5.87. The SMILES string of the molecule is C=CC=O.Cc1cc(Nc2ncnc3cnc(N4CCN(C)C(CF)C4)nc23)ccc1Oc1ccc2c(c1)nnn2C. The Labute approximate surface area is 241 Å². The number of fused-ring (bicyclic) bond motifs is 2. The highest BCUT2D eigenvalue weighted by Crippen LogP contribution is 2.31. The number of benzene rings is 2. The maximum atomic E-state index is 13.5. The maximum Gasteiger partial charge on any atom is 0.226 e. The van der Waals surface area contributed by atoms with E-state index in [1.165, 1.54) is 12.4 Å². The number of alkyl halides is 1. The van der Waals surface area contributed by atoms with Gasteiger partial charge in [0.05, 0.1) is 17.8 Å². The van der Waals surface area contributed by atoms with Crippen LogP contribution in [0.1, 0.15) is 5.56 Å². The van der Waals surface area contributed by atoms with Crippen LogP contribution in [0, 0.1) is 6.92 Å². The monoisotopic (exact) mass is 570 g/mol. The molecule has 0 bridgehead atoms. The molecule has 0 spiro atoms. The van der Waals surface area contributed by atoms with Crippen molar-refractivity contribution in [3.63, 3.8) is 0 Å². The molecule has 1 atom stereocenters. The van der Waals surface area contributed by atoms with Crippen LogP contribution in [0.4, 0.5) is 21.8 Å². The smallest absolute Gasteiger partial charge is 0.226 e. The van der Waals surface area contributed by atoms with E-state index in [9.17, 15) is 4.39 Å². The summed E-state index contributed by atoms with van der Waals surface area (Å²) in [5.74, 6) is 2.53. The van der Waals surface area contributed by atoms with Crippen LogP contribution in [0.15, 0.2) is 61.6 Å². The Morgan fingerprint density at radius 3 is 2.71 bits per heavy atom. The molecule has 4 heterocycles. The predicted octanol–water partition coefficient (Wildman–Crippen LogP) is 4.01. The van der Waals surface area contributed by atoms with Crippen molar-refractivity contribution in [3.05, 3.63) is 67.1 Å². The van der Waals surface area contributed by atoms with Crippen molar-refractivity contribution in [3.8, 4) is 11.5 Å². The zero-order chi connectivity index (χ0) is 29.6. The van der Waals surface area contributed by atoms with E-state index in [4.69, 9.17) is 14.5 Å². The lowest BCUT2D eigenvalue weighted by molar-refractivity contribution is -0.104. The van der Waals surface area contributed by atoms with Gasteiger partial charge in [-0.3, -0.25) is 9.69 Å². The zero-order valence-corrected chi connectivity index (χ0v) is 23.6. The molecule has 13 heteroatoms. The molecular weight excluding hydrogens is 539 g/mol. The number of anilines is 3. The number of halogens is 1. The van der Waals surface area contributed by atoms with Gasteiger partial charge in [0, 0.05) is 38.4 Å². The van der Waals surface area contributed by atoms with E-state index in [1.807, 2.05) is 67.2 Å². The van der Waals surface area contributed by atoms with Gasteiger partial charge in [0.25, 0.3) is 0 Å². The van der Waals surface area contributed by atoms with Gasteiger partial charge in [-0.2, -0.15) is 0 Å². The van der Waals surface area contributed by atoms with E-state index in [0.717, 1.165) is 41.1 Å². The second kappa shape index (κ2) is 12.6. The van der Waals surface area contributed by atoms with Crippen molar-refractivity contribution in [2.24, 2.45) is 7.05 Å². The van der Waals surface area contributed by atoms with Crippen molar-refractivity contribution < 1.29 is 13.9 Å². The number of nitrogens with one attached hydrogen (secondary N) is 1. The van der Waals surface area contributed by atoms with Gasteiger partial charge in [0.15, 0.2) is 5.82 Å². The van der Waals surface area contributed by atoms with Crippen LogP contribution in [-0.2, 0) is 11.8 Å². The van der Waals surface area contributed by atoms with Crippen LogP contribution in [-0.4, -0.2) is 85.5 Å². The minimum Gasteiger partial charge on any atom is -0.457 e.